The second kappa shape index (κ2) is 9.04. The molecule has 3 aromatic rings. The number of ketones is 1. The molecule has 28 heavy (non-hydrogen) atoms. The van der Waals surface area contributed by atoms with Crippen LogP contribution in [-0.4, -0.2) is 17.8 Å². The summed E-state index contributed by atoms with van der Waals surface area (Å²) in [5, 5.41) is 3.32. The standard InChI is InChI=1S/C22H17BrClNO3/c1-14(21(26)16-4-2-5-18(24)12-16)28-20-7-3-6-19(13-20)25-22(27)15-8-10-17(23)11-9-15/h2-14H,1H3,(H,25,27)/t14-/m0/s1. The van der Waals surface area contributed by atoms with Crippen LogP contribution in [-0.2, 0) is 0 Å². The van der Waals surface area contributed by atoms with E-state index in [4.69, 9.17) is 16.3 Å². The number of rotatable bonds is 6. The molecule has 0 bridgehead atoms. The van der Waals surface area contributed by atoms with E-state index in [0.717, 1.165) is 4.47 Å². The Morgan fingerprint density at radius 1 is 0.964 bits per heavy atom. The fraction of sp³-hybridized carbons (Fsp3) is 0.0909. The van der Waals surface area contributed by atoms with Gasteiger partial charge < -0.3 is 10.1 Å². The van der Waals surface area contributed by atoms with E-state index in [2.05, 4.69) is 21.2 Å². The van der Waals surface area contributed by atoms with E-state index < -0.39 is 6.10 Å². The number of anilines is 1. The fourth-order valence-corrected chi connectivity index (χ4v) is 3.04. The molecule has 3 rings (SSSR count). The summed E-state index contributed by atoms with van der Waals surface area (Å²) < 4.78 is 6.66. The molecule has 0 saturated carbocycles. The average Bonchev–Trinajstić information content (AvgIpc) is 2.68. The zero-order chi connectivity index (χ0) is 20.1. The van der Waals surface area contributed by atoms with Crippen LogP contribution in [0, 0.1) is 0 Å². The monoisotopic (exact) mass is 457 g/mol. The summed E-state index contributed by atoms with van der Waals surface area (Å²) in [4.78, 5) is 24.9. The lowest BCUT2D eigenvalue weighted by molar-refractivity contribution is 0.0818. The van der Waals surface area contributed by atoms with Crippen molar-refractivity contribution in [2.45, 2.75) is 13.0 Å². The Labute approximate surface area is 176 Å². The second-order valence-electron chi connectivity index (χ2n) is 6.12. The molecule has 0 aliphatic carbocycles. The second-order valence-corrected chi connectivity index (χ2v) is 7.48. The lowest BCUT2D eigenvalue weighted by Crippen LogP contribution is -2.24. The molecule has 0 unspecified atom stereocenters. The number of halogens is 2. The molecule has 1 atom stereocenters. The molecule has 4 nitrogen and oxygen atoms in total. The lowest BCUT2D eigenvalue weighted by Gasteiger charge is -2.15. The molecule has 6 heteroatoms. The first-order valence-electron chi connectivity index (χ1n) is 8.56. The third kappa shape index (κ3) is 5.21. The SMILES string of the molecule is C[C@H](Oc1cccc(NC(=O)c2ccc(Br)cc2)c1)C(=O)c1cccc(Cl)c1. The van der Waals surface area contributed by atoms with Crippen molar-refractivity contribution in [2.24, 2.45) is 0 Å². The molecule has 0 spiro atoms. The van der Waals surface area contributed by atoms with Crippen LogP contribution in [0.3, 0.4) is 0 Å². The summed E-state index contributed by atoms with van der Waals surface area (Å²) in [5.41, 5.74) is 1.60. The molecule has 0 aliphatic rings. The number of Topliss-reactive ketones (excluding diaryl/α,β-unsaturated/α-hetero) is 1. The first kappa shape index (κ1) is 20.1. The number of hydrogen-bond donors (Lipinski definition) is 1. The van der Waals surface area contributed by atoms with Gasteiger partial charge in [0.1, 0.15) is 5.75 Å². The van der Waals surface area contributed by atoms with Gasteiger partial charge in [0, 0.05) is 32.4 Å². The number of amides is 1. The molecule has 1 N–H and O–H groups in total. The zero-order valence-electron chi connectivity index (χ0n) is 15.0. The van der Waals surface area contributed by atoms with Crippen molar-refractivity contribution in [3.05, 3.63) is 93.4 Å². The van der Waals surface area contributed by atoms with Gasteiger partial charge in [0.25, 0.3) is 5.91 Å². The average molecular weight is 459 g/mol. The van der Waals surface area contributed by atoms with E-state index in [9.17, 15) is 9.59 Å². The molecule has 3 aromatic carbocycles. The molecule has 0 heterocycles. The Hall–Kier alpha value is -2.63. The van der Waals surface area contributed by atoms with Gasteiger partial charge in [-0.2, -0.15) is 0 Å². The number of hydrogen-bond acceptors (Lipinski definition) is 3. The third-order valence-corrected chi connectivity index (χ3v) is 4.75. The van der Waals surface area contributed by atoms with E-state index in [1.54, 1.807) is 79.7 Å². The third-order valence-electron chi connectivity index (χ3n) is 3.99. The van der Waals surface area contributed by atoms with Gasteiger partial charge in [-0.3, -0.25) is 9.59 Å². The molecular weight excluding hydrogens is 442 g/mol. The quantitative estimate of drug-likeness (QED) is 0.461. The van der Waals surface area contributed by atoms with Crippen molar-refractivity contribution in [1.29, 1.82) is 0 Å². The summed E-state index contributed by atoms with van der Waals surface area (Å²) in [6, 6.07) is 20.7. The van der Waals surface area contributed by atoms with E-state index in [0.29, 0.717) is 27.6 Å². The van der Waals surface area contributed by atoms with Crippen molar-refractivity contribution < 1.29 is 14.3 Å². The van der Waals surface area contributed by atoms with Crippen molar-refractivity contribution in [2.75, 3.05) is 5.32 Å². The highest BCUT2D eigenvalue weighted by Gasteiger charge is 2.17. The van der Waals surface area contributed by atoms with Gasteiger partial charge in [0.2, 0.25) is 5.78 Å². The van der Waals surface area contributed by atoms with Gasteiger partial charge in [-0.05, 0) is 55.5 Å². The summed E-state index contributed by atoms with van der Waals surface area (Å²) in [6.07, 6.45) is -0.698. The van der Waals surface area contributed by atoms with Crippen LogP contribution in [0.1, 0.15) is 27.6 Å². The molecular formula is C22H17BrClNO3. The fourth-order valence-electron chi connectivity index (χ4n) is 2.59. The summed E-state index contributed by atoms with van der Waals surface area (Å²) >= 11 is 9.29. The van der Waals surface area contributed by atoms with Crippen molar-refractivity contribution in [3.63, 3.8) is 0 Å². The van der Waals surface area contributed by atoms with Crippen molar-refractivity contribution >= 4 is 44.9 Å². The Morgan fingerprint density at radius 3 is 2.39 bits per heavy atom. The smallest absolute Gasteiger partial charge is 0.255 e. The van der Waals surface area contributed by atoms with Crippen LogP contribution in [0.25, 0.3) is 0 Å². The van der Waals surface area contributed by atoms with Crippen LogP contribution >= 0.6 is 27.5 Å². The van der Waals surface area contributed by atoms with Crippen LogP contribution < -0.4 is 10.1 Å². The predicted molar refractivity (Wildman–Crippen MR) is 114 cm³/mol. The maximum atomic E-state index is 12.5. The van der Waals surface area contributed by atoms with Gasteiger partial charge in [0.15, 0.2) is 6.10 Å². The minimum Gasteiger partial charge on any atom is -0.482 e. The van der Waals surface area contributed by atoms with Gasteiger partial charge in [0.05, 0.1) is 0 Å². The maximum absolute atomic E-state index is 12.5. The topological polar surface area (TPSA) is 55.4 Å². The molecule has 0 fully saturated rings. The summed E-state index contributed by atoms with van der Waals surface area (Å²) in [6.45, 7) is 1.68. The highest BCUT2D eigenvalue weighted by Crippen LogP contribution is 2.21. The maximum Gasteiger partial charge on any atom is 0.255 e. The molecule has 0 saturated heterocycles. The lowest BCUT2D eigenvalue weighted by atomic mass is 10.1. The highest BCUT2D eigenvalue weighted by atomic mass is 79.9. The van der Waals surface area contributed by atoms with Gasteiger partial charge >= 0.3 is 0 Å². The number of carbonyl (C=O) groups is 2. The van der Waals surface area contributed by atoms with Gasteiger partial charge in [-0.25, -0.2) is 0 Å². The van der Waals surface area contributed by atoms with E-state index >= 15 is 0 Å². The Morgan fingerprint density at radius 2 is 1.68 bits per heavy atom. The summed E-state index contributed by atoms with van der Waals surface area (Å²) in [5.74, 6) is 0.0796. The molecule has 0 aromatic heterocycles. The first-order chi connectivity index (χ1) is 13.4. The van der Waals surface area contributed by atoms with Crippen molar-refractivity contribution in [3.8, 4) is 5.75 Å². The molecule has 142 valence electrons. The minimum atomic E-state index is -0.698. The Kier molecular flexibility index (Phi) is 6.49. The van der Waals surface area contributed by atoms with Crippen molar-refractivity contribution in [1.82, 2.24) is 0 Å². The number of nitrogens with one attached hydrogen (secondary N) is 1. The summed E-state index contributed by atoms with van der Waals surface area (Å²) in [7, 11) is 0. The molecule has 0 aliphatic heterocycles. The van der Waals surface area contributed by atoms with Crippen LogP contribution in [0.5, 0.6) is 5.75 Å². The van der Waals surface area contributed by atoms with E-state index in [1.165, 1.54) is 0 Å². The van der Waals surface area contributed by atoms with Crippen LogP contribution in [0.4, 0.5) is 5.69 Å². The molecule has 1 amide bonds. The van der Waals surface area contributed by atoms with Crippen LogP contribution in [0.15, 0.2) is 77.3 Å². The largest absolute Gasteiger partial charge is 0.482 e. The Bertz CT molecular complexity index is 1000. The molecule has 0 radical (unpaired) electrons. The number of benzene rings is 3. The first-order valence-corrected chi connectivity index (χ1v) is 9.73. The minimum absolute atomic E-state index is 0.174. The Balaban J connectivity index is 1.68. The van der Waals surface area contributed by atoms with Crippen LogP contribution in [0.2, 0.25) is 5.02 Å². The number of ether oxygens (including phenoxy) is 1. The van der Waals surface area contributed by atoms with E-state index in [-0.39, 0.29) is 11.7 Å². The number of carbonyl (C=O) groups excluding carboxylic acids is 2. The van der Waals surface area contributed by atoms with Gasteiger partial charge in [-0.15, -0.1) is 0 Å². The van der Waals surface area contributed by atoms with E-state index in [1.807, 2.05) is 0 Å². The zero-order valence-corrected chi connectivity index (χ0v) is 17.3. The highest BCUT2D eigenvalue weighted by molar-refractivity contribution is 9.10. The van der Waals surface area contributed by atoms with Gasteiger partial charge in [-0.1, -0.05) is 45.7 Å². The predicted octanol–water partition coefficient (Wildman–Crippen LogP) is 6.01. The normalized spacial score (nSPS) is 11.5.